The largest absolute Gasteiger partial charge is 0.329 e. The molecule has 1 aliphatic heterocycles. The van der Waals surface area contributed by atoms with E-state index in [1.165, 1.54) is 0 Å². The lowest BCUT2D eigenvalue weighted by Crippen LogP contribution is -2.63. The third-order valence-corrected chi connectivity index (χ3v) is 7.50. The van der Waals surface area contributed by atoms with Crippen molar-refractivity contribution in [3.8, 4) is 0 Å². The van der Waals surface area contributed by atoms with Gasteiger partial charge < -0.3 is 5.73 Å². The minimum atomic E-state index is -3.05. The molecule has 0 amide bonds. The molecule has 0 aromatic heterocycles. The molecule has 0 radical (unpaired) electrons. The Labute approximate surface area is 116 Å². The van der Waals surface area contributed by atoms with Gasteiger partial charge in [0.15, 0.2) is 9.84 Å². The van der Waals surface area contributed by atoms with Crippen LogP contribution in [0.2, 0.25) is 0 Å². The Hall–Kier alpha value is 0.220. The molecular formula is C12H26N2O2S2. The van der Waals surface area contributed by atoms with Gasteiger partial charge in [-0.1, -0.05) is 20.8 Å². The van der Waals surface area contributed by atoms with Gasteiger partial charge in [0.05, 0.1) is 0 Å². The molecule has 0 aliphatic carbocycles. The predicted octanol–water partition coefficient (Wildman–Crippen LogP) is 1.17. The fourth-order valence-corrected chi connectivity index (χ4v) is 5.45. The normalized spacial score (nSPS) is 26.2. The SMILES string of the molecule is CCS(=O)(=O)C1CSCCN1C(C)(CN)C(C)C. The van der Waals surface area contributed by atoms with Crippen molar-refractivity contribution in [1.29, 1.82) is 0 Å². The van der Waals surface area contributed by atoms with E-state index in [0.717, 1.165) is 12.3 Å². The van der Waals surface area contributed by atoms with Crippen LogP contribution in [-0.2, 0) is 9.84 Å². The summed E-state index contributed by atoms with van der Waals surface area (Å²) in [7, 11) is -3.05. The van der Waals surface area contributed by atoms with Crippen LogP contribution in [0.3, 0.4) is 0 Å². The molecule has 1 fully saturated rings. The topological polar surface area (TPSA) is 63.4 Å². The fraction of sp³-hybridized carbons (Fsp3) is 1.00. The van der Waals surface area contributed by atoms with Gasteiger partial charge in [0.2, 0.25) is 0 Å². The van der Waals surface area contributed by atoms with Crippen molar-refractivity contribution < 1.29 is 8.42 Å². The monoisotopic (exact) mass is 294 g/mol. The number of nitrogens with zero attached hydrogens (tertiary/aromatic N) is 1. The van der Waals surface area contributed by atoms with Gasteiger partial charge in [-0.2, -0.15) is 11.8 Å². The maximum atomic E-state index is 12.3. The first kappa shape index (κ1) is 16.3. The lowest BCUT2D eigenvalue weighted by Gasteiger charge is -2.49. The third kappa shape index (κ3) is 3.03. The highest BCUT2D eigenvalue weighted by Gasteiger charge is 2.43. The van der Waals surface area contributed by atoms with Gasteiger partial charge in [-0.05, 0) is 12.8 Å². The van der Waals surface area contributed by atoms with Gasteiger partial charge in [-0.3, -0.25) is 4.90 Å². The molecule has 18 heavy (non-hydrogen) atoms. The smallest absolute Gasteiger partial charge is 0.166 e. The van der Waals surface area contributed by atoms with Crippen molar-refractivity contribution in [3.05, 3.63) is 0 Å². The first-order valence-corrected chi connectivity index (χ1v) is 9.42. The average Bonchev–Trinajstić information content (AvgIpc) is 2.37. The fourth-order valence-electron chi connectivity index (χ4n) is 2.34. The van der Waals surface area contributed by atoms with E-state index < -0.39 is 9.84 Å². The van der Waals surface area contributed by atoms with Gasteiger partial charge in [-0.25, -0.2) is 8.42 Å². The zero-order valence-corrected chi connectivity index (χ0v) is 13.5. The van der Waals surface area contributed by atoms with E-state index in [1.807, 2.05) is 0 Å². The number of hydrogen-bond acceptors (Lipinski definition) is 5. The quantitative estimate of drug-likeness (QED) is 0.824. The first-order chi connectivity index (χ1) is 8.29. The van der Waals surface area contributed by atoms with Crippen molar-refractivity contribution >= 4 is 21.6 Å². The van der Waals surface area contributed by atoms with E-state index >= 15 is 0 Å². The lowest BCUT2D eigenvalue weighted by molar-refractivity contribution is 0.0632. The van der Waals surface area contributed by atoms with Crippen LogP contribution in [0.4, 0.5) is 0 Å². The molecule has 1 rings (SSSR count). The molecule has 4 nitrogen and oxygen atoms in total. The molecule has 0 aromatic rings. The summed E-state index contributed by atoms with van der Waals surface area (Å²) >= 11 is 1.73. The van der Waals surface area contributed by atoms with Crippen LogP contribution >= 0.6 is 11.8 Å². The van der Waals surface area contributed by atoms with Gasteiger partial charge in [0.25, 0.3) is 0 Å². The highest BCUT2D eigenvalue weighted by Crippen LogP contribution is 2.32. The molecule has 0 saturated carbocycles. The van der Waals surface area contributed by atoms with Crippen LogP contribution in [0.5, 0.6) is 0 Å². The number of rotatable bonds is 5. The second-order valence-corrected chi connectivity index (χ2v) is 8.99. The molecule has 1 heterocycles. The van der Waals surface area contributed by atoms with Crippen LogP contribution in [0.1, 0.15) is 27.7 Å². The molecule has 2 N–H and O–H groups in total. The van der Waals surface area contributed by atoms with Crippen molar-refractivity contribution in [2.24, 2.45) is 11.7 Å². The average molecular weight is 294 g/mol. The summed E-state index contributed by atoms with van der Waals surface area (Å²) in [5.41, 5.74) is 5.70. The first-order valence-electron chi connectivity index (χ1n) is 6.55. The van der Waals surface area contributed by atoms with E-state index in [4.69, 9.17) is 5.73 Å². The molecule has 0 bridgehead atoms. The Bertz CT molecular complexity index is 370. The Kier molecular flexibility index (Phi) is 5.53. The van der Waals surface area contributed by atoms with E-state index in [2.05, 4.69) is 25.7 Å². The molecule has 1 aliphatic rings. The summed E-state index contributed by atoms with van der Waals surface area (Å²) in [4.78, 5) is 2.13. The number of hydrogen-bond donors (Lipinski definition) is 1. The van der Waals surface area contributed by atoms with Gasteiger partial charge in [-0.15, -0.1) is 0 Å². The van der Waals surface area contributed by atoms with E-state index in [1.54, 1.807) is 18.7 Å². The highest BCUT2D eigenvalue weighted by molar-refractivity contribution is 8.01. The van der Waals surface area contributed by atoms with Gasteiger partial charge >= 0.3 is 0 Å². The number of nitrogens with two attached hydrogens (primary N) is 1. The molecule has 0 aromatic carbocycles. The summed E-state index contributed by atoms with van der Waals surface area (Å²) < 4.78 is 24.5. The zero-order chi connectivity index (χ0) is 14.0. The minimum Gasteiger partial charge on any atom is -0.329 e. The molecule has 2 atom stereocenters. The van der Waals surface area contributed by atoms with Crippen molar-refractivity contribution in [2.45, 2.75) is 38.6 Å². The lowest BCUT2D eigenvalue weighted by atomic mass is 9.86. The van der Waals surface area contributed by atoms with Crippen molar-refractivity contribution in [1.82, 2.24) is 4.90 Å². The standard InChI is InChI=1S/C12H26N2O2S2/c1-5-18(15,16)11-8-17-7-6-14(11)12(4,9-13)10(2)3/h10-11H,5-9,13H2,1-4H3. The van der Waals surface area contributed by atoms with Crippen molar-refractivity contribution in [2.75, 3.05) is 30.3 Å². The van der Waals surface area contributed by atoms with Crippen LogP contribution in [0, 0.1) is 5.92 Å². The van der Waals surface area contributed by atoms with Crippen molar-refractivity contribution in [3.63, 3.8) is 0 Å². The summed E-state index contributed by atoms with van der Waals surface area (Å²) in [6, 6.07) is 0. The predicted molar refractivity (Wildman–Crippen MR) is 79.6 cm³/mol. The summed E-state index contributed by atoms with van der Waals surface area (Å²) in [6.07, 6.45) is 0. The van der Waals surface area contributed by atoms with Crippen LogP contribution in [0.25, 0.3) is 0 Å². The molecular weight excluding hydrogens is 268 g/mol. The minimum absolute atomic E-state index is 0.202. The number of sulfone groups is 1. The summed E-state index contributed by atoms with van der Waals surface area (Å²) in [5.74, 6) is 2.18. The summed E-state index contributed by atoms with van der Waals surface area (Å²) in [5, 5.41) is -0.378. The number of thioether (sulfide) groups is 1. The third-order valence-electron chi connectivity index (χ3n) is 4.21. The second kappa shape index (κ2) is 6.11. The van der Waals surface area contributed by atoms with E-state index in [-0.39, 0.29) is 16.7 Å². The summed E-state index contributed by atoms with van der Waals surface area (Å²) in [6.45, 7) is 9.34. The zero-order valence-electron chi connectivity index (χ0n) is 11.8. The molecule has 2 unspecified atom stereocenters. The molecule has 6 heteroatoms. The van der Waals surface area contributed by atoms with Crippen LogP contribution in [0.15, 0.2) is 0 Å². The van der Waals surface area contributed by atoms with E-state index in [9.17, 15) is 8.42 Å². The Balaban J connectivity index is 3.10. The Morgan fingerprint density at radius 3 is 2.56 bits per heavy atom. The van der Waals surface area contributed by atoms with Gasteiger partial charge in [0.1, 0.15) is 5.37 Å². The van der Waals surface area contributed by atoms with Crippen LogP contribution < -0.4 is 5.73 Å². The maximum absolute atomic E-state index is 12.3. The molecule has 108 valence electrons. The van der Waals surface area contributed by atoms with E-state index in [0.29, 0.717) is 18.2 Å². The molecule has 1 saturated heterocycles. The molecule has 0 spiro atoms. The highest BCUT2D eigenvalue weighted by atomic mass is 32.2. The maximum Gasteiger partial charge on any atom is 0.166 e. The second-order valence-electron chi connectivity index (χ2n) is 5.39. The Morgan fingerprint density at radius 1 is 1.50 bits per heavy atom. The van der Waals surface area contributed by atoms with Crippen LogP contribution in [-0.4, -0.2) is 54.6 Å². The van der Waals surface area contributed by atoms with Gasteiger partial charge in [0, 0.05) is 35.9 Å². The Morgan fingerprint density at radius 2 is 2.11 bits per heavy atom.